The van der Waals surface area contributed by atoms with Crippen LogP contribution in [0.3, 0.4) is 0 Å². The molecule has 0 aliphatic rings. The van der Waals surface area contributed by atoms with Crippen LogP contribution in [-0.4, -0.2) is 4.98 Å². The van der Waals surface area contributed by atoms with E-state index >= 15 is 0 Å². The molecular weight excluding hydrogens is 126 g/mol. The van der Waals surface area contributed by atoms with E-state index in [4.69, 9.17) is 4.42 Å². The van der Waals surface area contributed by atoms with Crippen molar-refractivity contribution in [3.63, 3.8) is 0 Å². The van der Waals surface area contributed by atoms with Crippen LogP contribution in [0, 0.1) is 0 Å². The molecule has 0 aliphatic carbocycles. The zero-order valence-electron chi connectivity index (χ0n) is 6.29. The highest BCUT2D eigenvalue weighted by Crippen LogP contribution is 2.13. The lowest BCUT2D eigenvalue weighted by molar-refractivity contribution is 0.471. The van der Waals surface area contributed by atoms with E-state index in [0.29, 0.717) is 5.92 Å². The summed E-state index contributed by atoms with van der Waals surface area (Å²) in [4.78, 5) is 4.14. The molecule has 0 fully saturated rings. The van der Waals surface area contributed by atoms with E-state index in [1.807, 2.05) is 13.8 Å². The van der Waals surface area contributed by atoms with Crippen molar-refractivity contribution in [3.8, 4) is 0 Å². The van der Waals surface area contributed by atoms with Crippen LogP contribution in [0.25, 0.3) is 6.08 Å². The smallest absolute Gasteiger partial charge is 0.197 e. The first kappa shape index (κ1) is 7.06. The highest BCUT2D eigenvalue weighted by molar-refractivity contribution is 5.39. The Bertz CT molecular complexity index is 225. The van der Waals surface area contributed by atoms with Gasteiger partial charge in [0.25, 0.3) is 0 Å². The molecule has 0 aliphatic heterocycles. The standard InChI is InChI=1S/C8H11NO/c1-4-7-5-10-8(9-7)6(2)3/h4-6H,1H2,2-3H3. The summed E-state index contributed by atoms with van der Waals surface area (Å²) in [5.41, 5.74) is 0.809. The summed E-state index contributed by atoms with van der Waals surface area (Å²) in [6.45, 7) is 7.66. The molecule has 2 nitrogen and oxygen atoms in total. The van der Waals surface area contributed by atoms with Gasteiger partial charge in [0.1, 0.15) is 12.0 Å². The molecule has 0 saturated heterocycles. The predicted octanol–water partition coefficient (Wildman–Crippen LogP) is 2.44. The molecule has 0 amide bonds. The second kappa shape index (κ2) is 2.69. The van der Waals surface area contributed by atoms with E-state index in [2.05, 4.69) is 11.6 Å². The Morgan fingerprint density at radius 1 is 1.70 bits per heavy atom. The molecule has 0 unspecified atom stereocenters. The Balaban J connectivity index is 2.88. The molecule has 0 spiro atoms. The molecular formula is C8H11NO. The van der Waals surface area contributed by atoms with Crippen LogP contribution >= 0.6 is 0 Å². The van der Waals surface area contributed by atoms with Crippen molar-refractivity contribution in [1.82, 2.24) is 4.98 Å². The van der Waals surface area contributed by atoms with Gasteiger partial charge in [-0.2, -0.15) is 0 Å². The minimum atomic E-state index is 0.355. The Labute approximate surface area is 60.6 Å². The zero-order valence-corrected chi connectivity index (χ0v) is 6.29. The van der Waals surface area contributed by atoms with Gasteiger partial charge in [-0.3, -0.25) is 0 Å². The lowest BCUT2D eigenvalue weighted by atomic mass is 10.2. The van der Waals surface area contributed by atoms with Crippen LogP contribution in [-0.2, 0) is 0 Å². The number of hydrogen-bond acceptors (Lipinski definition) is 2. The number of hydrogen-bond donors (Lipinski definition) is 0. The Hall–Kier alpha value is -1.05. The average molecular weight is 137 g/mol. The normalized spacial score (nSPS) is 10.3. The molecule has 0 atom stereocenters. The summed E-state index contributed by atoms with van der Waals surface area (Å²) < 4.78 is 5.13. The maximum Gasteiger partial charge on any atom is 0.197 e. The minimum absolute atomic E-state index is 0.355. The van der Waals surface area contributed by atoms with Crippen LogP contribution in [0.1, 0.15) is 31.4 Å². The molecule has 1 aromatic rings. The van der Waals surface area contributed by atoms with E-state index in [1.54, 1.807) is 12.3 Å². The Morgan fingerprint density at radius 3 is 2.70 bits per heavy atom. The fourth-order valence-corrected chi connectivity index (χ4v) is 0.660. The molecule has 2 heteroatoms. The second-order valence-corrected chi connectivity index (χ2v) is 2.47. The van der Waals surface area contributed by atoms with Gasteiger partial charge in [-0.05, 0) is 6.08 Å². The summed E-state index contributed by atoms with van der Waals surface area (Å²) >= 11 is 0. The zero-order chi connectivity index (χ0) is 7.56. The predicted molar refractivity (Wildman–Crippen MR) is 40.7 cm³/mol. The molecule has 1 aromatic heterocycles. The first-order valence-electron chi connectivity index (χ1n) is 3.32. The van der Waals surface area contributed by atoms with E-state index in [1.165, 1.54) is 0 Å². The molecule has 10 heavy (non-hydrogen) atoms. The third-order valence-corrected chi connectivity index (χ3v) is 1.24. The largest absolute Gasteiger partial charge is 0.448 e. The summed E-state index contributed by atoms with van der Waals surface area (Å²) in [6.07, 6.45) is 3.29. The molecule has 1 rings (SSSR count). The van der Waals surface area contributed by atoms with Gasteiger partial charge in [-0.25, -0.2) is 4.98 Å². The van der Waals surface area contributed by atoms with Crippen molar-refractivity contribution in [2.45, 2.75) is 19.8 Å². The number of rotatable bonds is 2. The van der Waals surface area contributed by atoms with Crippen LogP contribution in [0.4, 0.5) is 0 Å². The first-order chi connectivity index (χ1) is 4.74. The fraction of sp³-hybridized carbons (Fsp3) is 0.375. The number of aromatic nitrogens is 1. The Morgan fingerprint density at radius 2 is 2.40 bits per heavy atom. The minimum Gasteiger partial charge on any atom is -0.448 e. The summed E-state index contributed by atoms with van der Waals surface area (Å²) in [7, 11) is 0. The van der Waals surface area contributed by atoms with Crippen molar-refractivity contribution >= 4 is 6.08 Å². The first-order valence-corrected chi connectivity index (χ1v) is 3.32. The SMILES string of the molecule is C=Cc1coc(C(C)C)n1. The summed E-state index contributed by atoms with van der Waals surface area (Å²) in [6, 6.07) is 0. The number of nitrogens with zero attached hydrogens (tertiary/aromatic N) is 1. The molecule has 1 heterocycles. The van der Waals surface area contributed by atoms with Gasteiger partial charge < -0.3 is 4.42 Å². The molecule has 0 radical (unpaired) electrons. The van der Waals surface area contributed by atoms with Crippen molar-refractivity contribution in [2.75, 3.05) is 0 Å². The van der Waals surface area contributed by atoms with E-state index in [0.717, 1.165) is 11.6 Å². The van der Waals surface area contributed by atoms with Crippen molar-refractivity contribution < 1.29 is 4.42 Å². The van der Waals surface area contributed by atoms with Gasteiger partial charge in [0.2, 0.25) is 0 Å². The third kappa shape index (κ3) is 1.26. The maximum absolute atomic E-state index is 5.13. The number of oxazole rings is 1. The van der Waals surface area contributed by atoms with E-state index < -0.39 is 0 Å². The lowest BCUT2D eigenvalue weighted by Gasteiger charge is -1.93. The fourth-order valence-electron chi connectivity index (χ4n) is 0.660. The quantitative estimate of drug-likeness (QED) is 0.625. The molecule has 0 aromatic carbocycles. The van der Waals surface area contributed by atoms with Crippen LogP contribution < -0.4 is 0 Å². The monoisotopic (exact) mass is 137 g/mol. The van der Waals surface area contributed by atoms with Gasteiger partial charge in [-0.1, -0.05) is 20.4 Å². The maximum atomic E-state index is 5.13. The van der Waals surface area contributed by atoms with Gasteiger partial charge in [0.05, 0.1) is 0 Å². The second-order valence-electron chi connectivity index (χ2n) is 2.47. The van der Waals surface area contributed by atoms with Crippen molar-refractivity contribution in [2.24, 2.45) is 0 Å². The lowest BCUT2D eigenvalue weighted by Crippen LogP contribution is -1.85. The van der Waals surface area contributed by atoms with Gasteiger partial charge in [-0.15, -0.1) is 0 Å². The van der Waals surface area contributed by atoms with Crippen LogP contribution in [0.15, 0.2) is 17.3 Å². The van der Waals surface area contributed by atoms with Crippen molar-refractivity contribution in [3.05, 3.63) is 24.4 Å². The van der Waals surface area contributed by atoms with Crippen LogP contribution in [0.5, 0.6) is 0 Å². The summed E-state index contributed by atoms with van der Waals surface area (Å²) in [5, 5.41) is 0. The highest BCUT2D eigenvalue weighted by atomic mass is 16.3. The average Bonchev–Trinajstić information content (AvgIpc) is 2.34. The Kier molecular flexibility index (Phi) is 1.90. The molecule has 0 bridgehead atoms. The van der Waals surface area contributed by atoms with Crippen molar-refractivity contribution in [1.29, 1.82) is 0 Å². The molecule has 0 N–H and O–H groups in total. The highest BCUT2D eigenvalue weighted by Gasteiger charge is 2.04. The van der Waals surface area contributed by atoms with Gasteiger partial charge in [0.15, 0.2) is 5.89 Å². The van der Waals surface area contributed by atoms with Gasteiger partial charge in [0, 0.05) is 5.92 Å². The molecule has 54 valence electrons. The third-order valence-electron chi connectivity index (χ3n) is 1.24. The van der Waals surface area contributed by atoms with E-state index in [-0.39, 0.29) is 0 Å². The van der Waals surface area contributed by atoms with E-state index in [9.17, 15) is 0 Å². The molecule has 0 saturated carbocycles. The van der Waals surface area contributed by atoms with Gasteiger partial charge >= 0.3 is 0 Å². The summed E-state index contributed by atoms with van der Waals surface area (Å²) in [5.74, 6) is 1.13. The van der Waals surface area contributed by atoms with Crippen LogP contribution in [0.2, 0.25) is 0 Å². The topological polar surface area (TPSA) is 26.0 Å².